The number of aliphatic hydroxyl groups excluding tert-OH is 2. The van der Waals surface area contributed by atoms with Crippen LogP contribution >= 0.6 is 11.3 Å². The predicted octanol–water partition coefficient (Wildman–Crippen LogP) is -1.43. The zero-order valence-electron chi connectivity index (χ0n) is 8.92. The zero-order chi connectivity index (χ0) is 13.5. The van der Waals surface area contributed by atoms with Crippen LogP contribution in [0, 0.1) is 0 Å². The van der Waals surface area contributed by atoms with Gasteiger partial charge in [-0.15, -0.1) is 11.3 Å². The highest BCUT2D eigenvalue weighted by Crippen LogP contribution is 2.27. The number of aromatic carboxylic acids is 1. The largest absolute Gasteiger partial charge is 0.476 e. The van der Waals surface area contributed by atoms with E-state index < -0.39 is 38.1 Å². The van der Waals surface area contributed by atoms with Crippen molar-refractivity contribution in [1.82, 2.24) is 9.29 Å². The Bertz CT molecular complexity index is 558. The molecule has 1 aromatic heterocycles. The van der Waals surface area contributed by atoms with Crippen LogP contribution in [0.3, 0.4) is 0 Å². The number of hydrogen-bond acceptors (Lipinski definition) is 7. The molecular formula is C8H10N2O6S2. The lowest BCUT2D eigenvalue weighted by atomic mass is 10.3. The molecule has 18 heavy (non-hydrogen) atoms. The van der Waals surface area contributed by atoms with Crippen LogP contribution in [-0.4, -0.2) is 64.3 Å². The molecular weight excluding hydrogens is 284 g/mol. The van der Waals surface area contributed by atoms with E-state index in [2.05, 4.69) is 4.98 Å². The summed E-state index contributed by atoms with van der Waals surface area (Å²) in [4.78, 5) is 14.3. The van der Waals surface area contributed by atoms with Crippen molar-refractivity contribution in [3.8, 4) is 0 Å². The summed E-state index contributed by atoms with van der Waals surface area (Å²) in [6.45, 7) is -0.527. The van der Waals surface area contributed by atoms with Crippen molar-refractivity contribution in [2.24, 2.45) is 0 Å². The molecule has 0 amide bonds. The molecule has 2 heterocycles. The Morgan fingerprint density at radius 1 is 1.39 bits per heavy atom. The van der Waals surface area contributed by atoms with Crippen LogP contribution < -0.4 is 0 Å². The van der Waals surface area contributed by atoms with Crippen LogP contribution in [0.25, 0.3) is 0 Å². The van der Waals surface area contributed by atoms with Gasteiger partial charge in [-0.25, -0.2) is 18.2 Å². The number of aromatic nitrogens is 1. The Morgan fingerprint density at radius 2 is 1.94 bits per heavy atom. The molecule has 0 saturated carbocycles. The van der Waals surface area contributed by atoms with Crippen LogP contribution in [0.2, 0.25) is 0 Å². The van der Waals surface area contributed by atoms with Gasteiger partial charge in [0.05, 0.1) is 17.7 Å². The fourth-order valence-corrected chi connectivity index (χ4v) is 4.36. The smallest absolute Gasteiger partial charge is 0.356 e. The van der Waals surface area contributed by atoms with Crippen molar-refractivity contribution in [3.63, 3.8) is 0 Å². The van der Waals surface area contributed by atoms with Gasteiger partial charge in [0.25, 0.3) is 10.0 Å². The SMILES string of the molecule is O=C(O)c1ncsc1S(=O)(=O)N1CC(O)C(O)C1. The minimum atomic E-state index is -4.05. The number of β-amino-alcohol motifs (C(OH)–C–C–N with tert-alkyl or cyclic N) is 2. The molecule has 0 aromatic carbocycles. The monoisotopic (exact) mass is 294 g/mol. The van der Waals surface area contributed by atoms with Gasteiger partial charge < -0.3 is 15.3 Å². The number of carboxylic acid groups (broad SMARTS) is 1. The molecule has 10 heteroatoms. The van der Waals surface area contributed by atoms with Crippen molar-refractivity contribution in [2.75, 3.05) is 13.1 Å². The molecule has 0 bridgehead atoms. The van der Waals surface area contributed by atoms with E-state index in [-0.39, 0.29) is 13.1 Å². The maximum atomic E-state index is 12.1. The fourth-order valence-electron chi connectivity index (χ4n) is 1.61. The molecule has 2 unspecified atom stereocenters. The summed E-state index contributed by atoms with van der Waals surface area (Å²) in [5.41, 5.74) is 0.579. The van der Waals surface area contributed by atoms with Crippen LogP contribution in [0.5, 0.6) is 0 Å². The number of nitrogens with zero attached hydrogens (tertiary/aromatic N) is 2. The van der Waals surface area contributed by atoms with Crippen molar-refractivity contribution in [2.45, 2.75) is 16.4 Å². The van der Waals surface area contributed by atoms with Gasteiger partial charge in [-0.2, -0.15) is 4.31 Å². The van der Waals surface area contributed by atoms with E-state index >= 15 is 0 Å². The maximum Gasteiger partial charge on any atom is 0.356 e. The molecule has 0 aliphatic carbocycles. The number of sulfonamides is 1. The second-order valence-electron chi connectivity index (χ2n) is 3.75. The van der Waals surface area contributed by atoms with Crippen LogP contribution in [0.15, 0.2) is 9.72 Å². The number of aliphatic hydroxyl groups is 2. The number of thiazole rings is 1. The normalized spacial score (nSPS) is 25.4. The third-order valence-corrected chi connectivity index (χ3v) is 5.72. The second kappa shape index (κ2) is 4.55. The highest BCUT2D eigenvalue weighted by molar-refractivity contribution is 7.91. The van der Waals surface area contributed by atoms with Gasteiger partial charge in [-0.05, 0) is 0 Å². The number of carbonyl (C=O) groups is 1. The van der Waals surface area contributed by atoms with Crippen molar-refractivity contribution in [1.29, 1.82) is 0 Å². The van der Waals surface area contributed by atoms with Crippen LogP contribution in [0.1, 0.15) is 10.5 Å². The first-order valence-corrected chi connectivity index (χ1v) is 7.19. The zero-order valence-corrected chi connectivity index (χ0v) is 10.6. The molecule has 0 radical (unpaired) electrons. The van der Waals surface area contributed by atoms with E-state index in [1.165, 1.54) is 0 Å². The van der Waals surface area contributed by atoms with Gasteiger partial charge in [0.15, 0.2) is 9.90 Å². The standard InChI is InChI=1S/C8H10N2O6S2/c11-4-1-10(2-5(4)12)18(15,16)8-6(7(13)14)9-3-17-8/h3-5,11-12H,1-2H2,(H,13,14). The minimum Gasteiger partial charge on any atom is -0.476 e. The molecule has 0 spiro atoms. The maximum absolute atomic E-state index is 12.1. The Labute approximate surface area is 106 Å². The molecule has 1 saturated heterocycles. The Balaban J connectivity index is 2.38. The molecule has 1 aromatic rings. The average molecular weight is 294 g/mol. The van der Waals surface area contributed by atoms with Crippen LogP contribution in [-0.2, 0) is 10.0 Å². The highest BCUT2D eigenvalue weighted by Gasteiger charge is 2.40. The number of carboxylic acids is 1. The summed E-state index contributed by atoms with van der Waals surface area (Å²) in [7, 11) is -4.05. The lowest BCUT2D eigenvalue weighted by Gasteiger charge is -2.14. The molecule has 2 atom stereocenters. The van der Waals surface area contributed by atoms with E-state index in [1.54, 1.807) is 0 Å². The van der Waals surface area contributed by atoms with Gasteiger partial charge in [0.1, 0.15) is 0 Å². The molecule has 1 aliphatic rings. The first-order chi connectivity index (χ1) is 8.34. The molecule has 100 valence electrons. The Morgan fingerprint density at radius 3 is 2.44 bits per heavy atom. The minimum absolute atomic E-state index is 0.263. The lowest BCUT2D eigenvalue weighted by Crippen LogP contribution is -2.30. The van der Waals surface area contributed by atoms with Crippen molar-refractivity contribution >= 4 is 27.3 Å². The highest BCUT2D eigenvalue weighted by atomic mass is 32.2. The average Bonchev–Trinajstić information content (AvgIpc) is 2.87. The quantitative estimate of drug-likeness (QED) is 0.623. The number of rotatable bonds is 3. The van der Waals surface area contributed by atoms with E-state index in [9.17, 15) is 23.4 Å². The summed E-state index contributed by atoms with van der Waals surface area (Å²) in [5, 5.41) is 27.5. The van der Waals surface area contributed by atoms with E-state index in [0.29, 0.717) is 11.3 Å². The third-order valence-electron chi connectivity index (χ3n) is 2.54. The summed E-state index contributed by atoms with van der Waals surface area (Å²) in [6, 6.07) is 0. The summed E-state index contributed by atoms with van der Waals surface area (Å²) >= 11 is 0.689. The van der Waals surface area contributed by atoms with Gasteiger partial charge in [-0.1, -0.05) is 0 Å². The van der Waals surface area contributed by atoms with Gasteiger partial charge >= 0.3 is 5.97 Å². The Kier molecular flexibility index (Phi) is 3.38. The topological polar surface area (TPSA) is 128 Å². The summed E-state index contributed by atoms with van der Waals surface area (Å²) in [6.07, 6.45) is -2.33. The predicted molar refractivity (Wildman–Crippen MR) is 59.8 cm³/mol. The fraction of sp³-hybridized carbons (Fsp3) is 0.500. The van der Waals surface area contributed by atoms with E-state index in [1.807, 2.05) is 0 Å². The van der Waals surface area contributed by atoms with Gasteiger partial charge in [0.2, 0.25) is 0 Å². The lowest BCUT2D eigenvalue weighted by molar-refractivity contribution is 0.0572. The molecule has 3 N–H and O–H groups in total. The molecule has 2 rings (SSSR count). The molecule has 1 fully saturated rings. The third kappa shape index (κ3) is 2.12. The van der Waals surface area contributed by atoms with E-state index in [4.69, 9.17) is 5.11 Å². The molecule has 8 nitrogen and oxygen atoms in total. The van der Waals surface area contributed by atoms with Crippen LogP contribution in [0.4, 0.5) is 0 Å². The molecule has 1 aliphatic heterocycles. The number of hydrogen-bond donors (Lipinski definition) is 3. The second-order valence-corrected chi connectivity index (χ2v) is 6.74. The van der Waals surface area contributed by atoms with Gasteiger partial charge in [0, 0.05) is 13.1 Å². The first-order valence-electron chi connectivity index (χ1n) is 4.87. The first kappa shape index (κ1) is 13.4. The summed E-state index contributed by atoms with van der Waals surface area (Å²) < 4.78 is 24.7. The van der Waals surface area contributed by atoms with E-state index in [0.717, 1.165) is 9.82 Å². The Hall–Kier alpha value is -1.07. The van der Waals surface area contributed by atoms with Gasteiger partial charge in [-0.3, -0.25) is 0 Å². The summed E-state index contributed by atoms with van der Waals surface area (Å²) in [5.74, 6) is -1.44. The van der Waals surface area contributed by atoms with Crippen molar-refractivity contribution in [3.05, 3.63) is 11.2 Å². The van der Waals surface area contributed by atoms with Crippen molar-refractivity contribution < 1.29 is 28.5 Å².